The first-order valence-corrected chi connectivity index (χ1v) is 5.11. The molecule has 17 heavy (non-hydrogen) atoms. The van der Waals surface area contributed by atoms with Crippen molar-refractivity contribution in [3.63, 3.8) is 0 Å². The number of hydrogen-bond donors (Lipinski definition) is 1. The Kier molecular flexibility index (Phi) is 4.51. The summed E-state index contributed by atoms with van der Waals surface area (Å²) in [5.74, 6) is -0.580. The number of carbonyl (C=O) groups excluding carboxylic acids is 1. The van der Waals surface area contributed by atoms with Crippen LogP contribution in [0.4, 0.5) is 0 Å². The Hall–Kier alpha value is -2.04. The number of carboxylic acid groups (broad SMARTS) is 1. The second kappa shape index (κ2) is 5.89. The molecule has 0 fully saturated rings. The fraction of sp³-hybridized carbons (Fsp3) is 0.333. The van der Waals surface area contributed by atoms with Gasteiger partial charge in [0.15, 0.2) is 0 Å². The van der Waals surface area contributed by atoms with Crippen LogP contribution in [-0.2, 0) is 16.0 Å². The van der Waals surface area contributed by atoms with Gasteiger partial charge in [-0.2, -0.15) is 0 Å². The maximum absolute atomic E-state index is 11.7. The van der Waals surface area contributed by atoms with Crippen LogP contribution in [0.25, 0.3) is 0 Å². The molecule has 0 bridgehead atoms. The van der Waals surface area contributed by atoms with Crippen LogP contribution < -0.4 is 4.74 Å². The number of nitrogens with zero attached hydrogens (tertiary/aromatic N) is 1. The van der Waals surface area contributed by atoms with Crippen molar-refractivity contribution in [1.29, 1.82) is 0 Å². The summed E-state index contributed by atoms with van der Waals surface area (Å²) < 4.78 is 5.04. The number of aliphatic carboxylic acids is 1. The molecule has 92 valence electrons. The highest BCUT2D eigenvalue weighted by molar-refractivity contribution is 5.82. The standard InChI is InChI=1S/C12H15NO4/c1-13(8-12(15)16)11(14)7-9-4-3-5-10(6-9)17-2/h3-6H,7-8H2,1-2H3,(H,15,16). The number of methoxy groups -OCH3 is 1. The molecule has 5 heteroatoms. The summed E-state index contributed by atoms with van der Waals surface area (Å²) in [6.45, 7) is -0.289. The molecule has 0 aromatic heterocycles. The molecule has 1 rings (SSSR count). The molecule has 0 aliphatic heterocycles. The second-order valence-corrected chi connectivity index (χ2v) is 3.67. The van der Waals surface area contributed by atoms with Gasteiger partial charge in [0.05, 0.1) is 13.5 Å². The van der Waals surface area contributed by atoms with Gasteiger partial charge in [0, 0.05) is 7.05 Å². The lowest BCUT2D eigenvalue weighted by Gasteiger charge is -2.14. The maximum atomic E-state index is 11.7. The fourth-order valence-electron chi connectivity index (χ4n) is 1.38. The number of benzene rings is 1. The van der Waals surface area contributed by atoms with Crippen molar-refractivity contribution in [1.82, 2.24) is 4.90 Å². The van der Waals surface area contributed by atoms with Gasteiger partial charge in [0.1, 0.15) is 12.3 Å². The topological polar surface area (TPSA) is 66.8 Å². The van der Waals surface area contributed by atoms with Crippen LogP contribution >= 0.6 is 0 Å². The largest absolute Gasteiger partial charge is 0.497 e. The summed E-state index contributed by atoms with van der Waals surface area (Å²) in [5, 5.41) is 8.57. The Morgan fingerprint density at radius 3 is 2.71 bits per heavy atom. The average molecular weight is 237 g/mol. The minimum atomic E-state index is -1.02. The summed E-state index contributed by atoms with van der Waals surface area (Å²) in [7, 11) is 3.02. The molecule has 1 aromatic carbocycles. The number of carbonyl (C=O) groups is 2. The molecule has 0 spiro atoms. The van der Waals surface area contributed by atoms with Gasteiger partial charge < -0.3 is 14.7 Å². The van der Waals surface area contributed by atoms with Gasteiger partial charge in [0.2, 0.25) is 5.91 Å². The molecule has 1 amide bonds. The minimum absolute atomic E-state index is 0.168. The van der Waals surface area contributed by atoms with Gasteiger partial charge in [-0.1, -0.05) is 12.1 Å². The molecule has 1 aromatic rings. The number of likely N-dealkylation sites (N-methyl/N-ethyl adjacent to an activating group) is 1. The van der Waals surface area contributed by atoms with Crippen molar-refractivity contribution >= 4 is 11.9 Å². The Balaban J connectivity index is 2.64. The molecule has 5 nitrogen and oxygen atoms in total. The van der Waals surface area contributed by atoms with Crippen LogP contribution in [0.2, 0.25) is 0 Å². The smallest absolute Gasteiger partial charge is 0.323 e. The highest BCUT2D eigenvalue weighted by Crippen LogP contribution is 2.13. The quantitative estimate of drug-likeness (QED) is 0.821. The molecule has 0 saturated carbocycles. The van der Waals surface area contributed by atoms with Gasteiger partial charge in [-0.25, -0.2) is 0 Å². The lowest BCUT2D eigenvalue weighted by Crippen LogP contribution is -2.33. The fourth-order valence-corrected chi connectivity index (χ4v) is 1.38. The van der Waals surface area contributed by atoms with Gasteiger partial charge >= 0.3 is 5.97 Å². The van der Waals surface area contributed by atoms with E-state index in [0.717, 1.165) is 5.56 Å². The number of hydrogen-bond acceptors (Lipinski definition) is 3. The van der Waals surface area contributed by atoms with E-state index in [2.05, 4.69) is 0 Å². The zero-order valence-corrected chi connectivity index (χ0v) is 9.84. The molecule has 0 radical (unpaired) electrons. The predicted octanol–water partition coefficient (Wildman–Crippen LogP) is 0.781. The van der Waals surface area contributed by atoms with Crippen LogP contribution in [0, 0.1) is 0 Å². The predicted molar refractivity (Wildman–Crippen MR) is 62.0 cm³/mol. The monoisotopic (exact) mass is 237 g/mol. The summed E-state index contributed by atoms with van der Waals surface area (Å²) >= 11 is 0. The molecular weight excluding hydrogens is 222 g/mol. The highest BCUT2D eigenvalue weighted by Gasteiger charge is 2.12. The van der Waals surface area contributed by atoms with Crippen molar-refractivity contribution < 1.29 is 19.4 Å². The van der Waals surface area contributed by atoms with Crippen molar-refractivity contribution in [2.75, 3.05) is 20.7 Å². The van der Waals surface area contributed by atoms with Crippen molar-refractivity contribution in [3.8, 4) is 5.75 Å². The van der Waals surface area contributed by atoms with Gasteiger partial charge in [0.25, 0.3) is 0 Å². The summed E-state index contributed by atoms with van der Waals surface area (Å²) in [6.07, 6.45) is 0.168. The first-order chi connectivity index (χ1) is 8.02. The van der Waals surface area contributed by atoms with E-state index in [4.69, 9.17) is 9.84 Å². The maximum Gasteiger partial charge on any atom is 0.323 e. The molecule has 0 heterocycles. The van der Waals surface area contributed by atoms with Crippen LogP contribution in [0.15, 0.2) is 24.3 Å². The van der Waals surface area contributed by atoms with E-state index in [1.807, 2.05) is 0 Å². The Morgan fingerprint density at radius 2 is 2.12 bits per heavy atom. The van der Waals surface area contributed by atoms with Crippen LogP contribution in [0.3, 0.4) is 0 Å². The number of carboxylic acids is 1. The molecule has 1 N–H and O–H groups in total. The summed E-state index contributed by atoms with van der Waals surface area (Å²) in [5.41, 5.74) is 0.798. The molecule has 0 unspecified atom stereocenters. The zero-order chi connectivity index (χ0) is 12.8. The first-order valence-electron chi connectivity index (χ1n) is 5.11. The first kappa shape index (κ1) is 13.0. The van der Waals surface area contributed by atoms with E-state index in [1.54, 1.807) is 31.4 Å². The molecule has 0 aliphatic rings. The third-order valence-corrected chi connectivity index (χ3v) is 2.29. The van der Waals surface area contributed by atoms with Gasteiger partial charge in [-0.3, -0.25) is 9.59 Å². The minimum Gasteiger partial charge on any atom is -0.497 e. The van der Waals surface area contributed by atoms with Crippen LogP contribution in [0.5, 0.6) is 5.75 Å². The van der Waals surface area contributed by atoms with E-state index >= 15 is 0 Å². The summed E-state index contributed by atoms with van der Waals surface area (Å²) in [4.78, 5) is 23.3. The lowest BCUT2D eigenvalue weighted by molar-refractivity contribution is -0.143. The van der Waals surface area contributed by atoms with E-state index < -0.39 is 5.97 Å². The molecule has 0 saturated heterocycles. The third-order valence-electron chi connectivity index (χ3n) is 2.29. The van der Waals surface area contributed by atoms with Crippen molar-refractivity contribution in [2.24, 2.45) is 0 Å². The van der Waals surface area contributed by atoms with E-state index in [-0.39, 0.29) is 18.9 Å². The van der Waals surface area contributed by atoms with Gasteiger partial charge in [-0.05, 0) is 17.7 Å². The average Bonchev–Trinajstić information content (AvgIpc) is 2.28. The summed E-state index contributed by atoms with van der Waals surface area (Å²) in [6, 6.07) is 7.13. The van der Waals surface area contributed by atoms with E-state index in [0.29, 0.717) is 5.75 Å². The molecule has 0 atom stereocenters. The Morgan fingerprint density at radius 1 is 1.41 bits per heavy atom. The normalized spacial score (nSPS) is 9.76. The lowest BCUT2D eigenvalue weighted by atomic mass is 10.1. The van der Waals surface area contributed by atoms with Crippen molar-refractivity contribution in [2.45, 2.75) is 6.42 Å². The van der Waals surface area contributed by atoms with Crippen molar-refractivity contribution in [3.05, 3.63) is 29.8 Å². The zero-order valence-electron chi connectivity index (χ0n) is 9.84. The van der Waals surface area contributed by atoms with E-state index in [1.165, 1.54) is 11.9 Å². The van der Waals surface area contributed by atoms with E-state index in [9.17, 15) is 9.59 Å². The number of amides is 1. The van der Waals surface area contributed by atoms with Gasteiger partial charge in [-0.15, -0.1) is 0 Å². The van der Waals surface area contributed by atoms with Crippen LogP contribution in [0.1, 0.15) is 5.56 Å². The third kappa shape index (κ3) is 4.14. The number of rotatable bonds is 5. The van der Waals surface area contributed by atoms with Crippen LogP contribution in [-0.4, -0.2) is 42.6 Å². The second-order valence-electron chi connectivity index (χ2n) is 3.67. The molecule has 0 aliphatic carbocycles. The Labute approximate surface area is 99.6 Å². The Bertz CT molecular complexity index is 417. The SMILES string of the molecule is COc1cccc(CC(=O)N(C)CC(=O)O)c1. The number of ether oxygens (including phenoxy) is 1. The molecular formula is C12H15NO4. The highest BCUT2D eigenvalue weighted by atomic mass is 16.5.